The summed E-state index contributed by atoms with van der Waals surface area (Å²) in [6, 6.07) is 0. The van der Waals surface area contributed by atoms with Gasteiger partial charge >= 0.3 is 0 Å². The Kier molecular flexibility index (Phi) is 4.42. The number of thiazole rings is 1. The predicted molar refractivity (Wildman–Crippen MR) is 81.0 cm³/mol. The van der Waals surface area contributed by atoms with Crippen LogP contribution in [0.25, 0.3) is 0 Å². The van der Waals surface area contributed by atoms with Crippen LogP contribution in [-0.4, -0.2) is 26.8 Å². The van der Waals surface area contributed by atoms with Gasteiger partial charge in [0.25, 0.3) is 5.01 Å². The van der Waals surface area contributed by atoms with Crippen molar-refractivity contribution in [1.82, 2.24) is 9.97 Å². The molecule has 6 nitrogen and oxygen atoms in total. The van der Waals surface area contributed by atoms with Gasteiger partial charge in [-0.05, 0) is 13.8 Å². The van der Waals surface area contributed by atoms with Gasteiger partial charge in [-0.2, -0.15) is 4.57 Å². The van der Waals surface area contributed by atoms with E-state index < -0.39 is 6.08 Å². The maximum absolute atomic E-state index is 10.1. The molecule has 0 fully saturated rings. The highest BCUT2D eigenvalue weighted by molar-refractivity contribution is 7.11. The first-order valence-electron chi connectivity index (χ1n) is 7.18. The van der Waals surface area contributed by atoms with Gasteiger partial charge in [0.1, 0.15) is 17.7 Å². The van der Waals surface area contributed by atoms with E-state index >= 15 is 0 Å². The molecule has 0 aliphatic heterocycles. The third-order valence-electron chi connectivity index (χ3n) is 3.27. The van der Waals surface area contributed by atoms with E-state index in [2.05, 4.69) is 9.97 Å². The number of aliphatic hydroxyl groups excluding tert-OH is 1. The van der Waals surface area contributed by atoms with Crippen LogP contribution < -0.4 is 10.3 Å². The molecule has 2 rings (SSSR count). The molecule has 1 atom stereocenters. The normalized spacial score (nSPS) is 14.8. The molecule has 2 aromatic heterocycles. The molecule has 0 aliphatic rings. The van der Waals surface area contributed by atoms with Crippen LogP contribution in [0.1, 0.15) is 41.3 Å². The van der Waals surface area contributed by atoms with Crippen molar-refractivity contribution in [2.75, 3.05) is 12.3 Å². The van der Waals surface area contributed by atoms with Crippen molar-refractivity contribution in [3.05, 3.63) is 33.2 Å². The standard InChI is InChI=1S/C14H21N4O2S/c1-8-12(4-5-19)21-14(9(2)20)18(8)7-11-6-16-10(3)17-13(11)15/h6,9,19-20H,4-5,7H2,1-3H3,(H2,15,16,17)/q+1/i9D. The number of hydrogen-bond acceptors (Lipinski definition) is 6. The molecular formula is C14H21N4O2S+. The molecule has 2 heterocycles. The molecule has 0 spiro atoms. The Bertz CT molecular complexity index is 682. The average Bonchev–Trinajstić information content (AvgIpc) is 2.71. The van der Waals surface area contributed by atoms with Crippen LogP contribution in [0.3, 0.4) is 0 Å². The number of aryl methyl sites for hydroxylation is 1. The molecule has 7 heteroatoms. The zero-order valence-electron chi connectivity index (χ0n) is 13.4. The number of aromatic nitrogens is 3. The van der Waals surface area contributed by atoms with Crippen molar-refractivity contribution in [3.63, 3.8) is 0 Å². The average molecular weight is 310 g/mol. The lowest BCUT2D eigenvalue weighted by Gasteiger charge is -2.05. The number of nitrogen functional groups attached to an aromatic ring is 1. The van der Waals surface area contributed by atoms with Gasteiger partial charge in [-0.15, -0.1) is 0 Å². The van der Waals surface area contributed by atoms with Crippen molar-refractivity contribution in [2.45, 2.75) is 39.8 Å². The lowest BCUT2D eigenvalue weighted by molar-refractivity contribution is -0.699. The molecule has 2 aromatic rings. The molecule has 0 radical (unpaired) electrons. The molecule has 0 aliphatic carbocycles. The summed E-state index contributed by atoms with van der Waals surface area (Å²) >= 11 is 1.33. The van der Waals surface area contributed by atoms with Crippen LogP contribution in [0, 0.1) is 13.8 Å². The number of nitrogens with two attached hydrogens (primary N) is 1. The first-order chi connectivity index (χ1) is 10.2. The minimum atomic E-state index is -1.72. The summed E-state index contributed by atoms with van der Waals surface area (Å²) in [5.74, 6) is 0.992. The Balaban J connectivity index is 2.48. The van der Waals surface area contributed by atoms with Crippen LogP contribution in [0.2, 0.25) is 0 Å². The van der Waals surface area contributed by atoms with Gasteiger partial charge in [-0.25, -0.2) is 9.97 Å². The molecule has 0 aromatic carbocycles. The van der Waals surface area contributed by atoms with Crippen LogP contribution in [-0.2, 0) is 13.0 Å². The highest BCUT2D eigenvalue weighted by Gasteiger charge is 2.27. The highest BCUT2D eigenvalue weighted by Crippen LogP contribution is 2.23. The first-order valence-corrected chi connectivity index (χ1v) is 7.49. The topological polar surface area (TPSA) is 96.1 Å². The van der Waals surface area contributed by atoms with Gasteiger partial charge in [0.15, 0.2) is 12.2 Å². The fourth-order valence-corrected chi connectivity index (χ4v) is 3.29. The molecule has 0 bridgehead atoms. The maximum atomic E-state index is 10.1. The van der Waals surface area contributed by atoms with E-state index in [1.165, 1.54) is 18.3 Å². The second-order valence-electron chi connectivity index (χ2n) is 4.89. The van der Waals surface area contributed by atoms with Crippen molar-refractivity contribution < 1.29 is 16.2 Å². The molecular weight excluding hydrogens is 288 g/mol. The van der Waals surface area contributed by atoms with E-state index in [-0.39, 0.29) is 6.61 Å². The largest absolute Gasteiger partial charge is 0.396 e. The van der Waals surface area contributed by atoms with E-state index in [0.29, 0.717) is 29.6 Å². The van der Waals surface area contributed by atoms with Gasteiger partial charge in [0.05, 0.1) is 11.8 Å². The van der Waals surface area contributed by atoms with Crippen LogP contribution >= 0.6 is 11.3 Å². The third kappa shape index (κ3) is 3.37. The highest BCUT2D eigenvalue weighted by atomic mass is 32.1. The van der Waals surface area contributed by atoms with Crippen molar-refractivity contribution in [2.24, 2.45) is 0 Å². The maximum Gasteiger partial charge on any atom is 0.266 e. The monoisotopic (exact) mass is 310 g/mol. The Morgan fingerprint density at radius 1 is 1.52 bits per heavy atom. The van der Waals surface area contributed by atoms with Gasteiger partial charge in [0, 0.05) is 26.1 Å². The smallest absolute Gasteiger partial charge is 0.266 e. The minimum Gasteiger partial charge on any atom is -0.396 e. The lowest BCUT2D eigenvalue weighted by Crippen LogP contribution is -2.40. The lowest BCUT2D eigenvalue weighted by atomic mass is 10.2. The molecule has 0 saturated heterocycles. The van der Waals surface area contributed by atoms with E-state index in [0.717, 1.165) is 16.1 Å². The van der Waals surface area contributed by atoms with Crippen LogP contribution in [0.15, 0.2) is 6.20 Å². The SMILES string of the molecule is [2H]C(C)(O)c1sc(CCO)c(C)[n+]1Cc1cnc(C)nc1N. The summed E-state index contributed by atoms with van der Waals surface area (Å²) in [6.07, 6.45) is 0.436. The number of nitrogens with zero attached hydrogens (tertiary/aromatic N) is 3. The number of hydrogen-bond donors (Lipinski definition) is 3. The molecule has 4 N–H and O–H groups in total. The summed E-state index contributed by atoms with van der Waals surface area (Å²) in [4.78, 5) is 9.23. The number of rotatable bonds is 5. The summed E-state index contributed by atoms with van der Waals surface area (Å²) in [5.41, 5.74) is 7.57. The quantitative estimate of drug-likeness (QED) is 0.705. The van der Waals surface area contributed by atoms with E-state index in [4.69, 9.17) is 12.2 Å². The molecule has 0 amide bonds. The van der Waals surface area contributed by atoms with Gasteiger partial charge in [-0.3, -0.25) is 0 Å². The second-order valence-corrected chi connectivity index (χ2v) is 5.97. The summed E-state index contributed by atoms with van der Waals surface area (Å²) < 4.78 is 9.77. The third-order valence-corrected chi connectivity index (χ3v) is 4.72. The van der Waals surface area contributed by atoms with E-state index in [1.807, 2.05) is 11.5 Å². The molecule has 114 valence electrons. The summed E-state index contributed by atoms with van der Waals surface area (Å²) in [6.45, 7) is 5.50. The van der Waals surface area contributed by atoms with Crippen molar-refractivity contribution in [3.8, 4) is 0 Å². The van der Waals surface area contributed by atoms with Crippen molar-refractivity contribution in [1.29, 1.82) is 0 Å². The fraction of sp³-hybridized carbons (Fsp3) is 0.500. The summed E-state index contributed by atoms with van der Waals surface area (Å²) in [7, 11) is 0. The van der Waals surface area contributed by atoms with Crippen LogP contribution in [0.4, 0.5) is 5.82 Å². The Labute approximate surface area is 129 Å². The molecule has 0 saturated carbocycles. The number of anilines is 1. The van der Waals surface area contributed by atoms with Crippen molar-refractivity contribution >= 4 is 17.2 Å². The zero-order valence-corrected chi connectivity index (χ0v) is 13.2. The Morgan fingerprint density at radius 3 is 2.81 bits per heavy atom. The van der Waals surface area contributed by atoms with E-state index in [1.54, 1.807) is 13.1 Å². The predicted octanol–water partition coefficient (Wildman–Crippen LogP) is 0.661. The van der Waals surface area contributed by atoms with Crippen LogP contribution in [0.5, 0.6) is 0 Å². The Hall–Kier alpha value is -1.57. The molecule has 1 unspecified atom stereocenters. The minimum absolute atomic E-state index is 0.0245. The van der Waals surface area contributed by atoms with E-state index in [9.17, 15) is 5.11 Å². The van der Waals surface area contributed by atoms with Gasteiger partial charge in [-0.1, -0.05) is 11.3 Å². The first kappa shape index (κ1) is 14.4. The number of aliphatic hydroxyl groups is 2. The fourth-order valence-electron chi connectivity index (χ4n) is 2.15. The van der Waals surface area contributed by atoms with Gasteiger partial charge < -0.3 is 15.9 Å². The zero-order chi connectivity index (χ0) is 16.5. The second kappa shape index (κ2) is 6.46. The Morgan fingerprint density at radius 2 is 2.24 bits per heavy atom. The van der Waals surface area contributed by atoms with Gasteiger partial charge in [0.2, 0.25) is 0 Å². The molecule has 21 heavy (non-hydrogen) atoms. The summed E-state index contributed by atoms with van der Waals surface area (Å²) in [5, 5.41) is 19.8.